The molecule has 10 rings (SSSR count). The highest BCUT2D eigenvalue weighted by Gasteiger charge is 2.19. The van der Waals surface area contributed by atoms with Crippen LogP contribution in [-0.2, 0) is 0 Å². The molecule has 0 aliphatic carbocycles. The number of nitrogens with zero attached hydrogens (tertiary/aromatic N) is 4. The number of benzene rings is 6. The third-order valence-corrected chi connectivity index (χ3v) is 9.06. The Morgan fingerprint density at radius 1 is 0.341 bits per heavy atom. The molecule has 4 nitrogen and oxygen atoms in total. The number of pyridine rings is 4. The second kappa shape index (κ2) is 8.76. The van der Waals surface area contributed by atoms with Crippen LogP contribution < -0.4 is 0 Å². The summed E-state index contributed by atoms with van der Waals surface area (Å²) in [6, 6.07) is 43.0. The van der Waals surface area contributed by atoms with E-state index in [0.29, 0.717) is 0 Å². The van der Waals surface area contributed by atoms with Crippen LogP contribution in [0.25, 0.3) is 98.4 Å². The highest BCUT2D eigenvalue weighted by Crippen LogP contribution is 2.44. The first-order valence-electron chi connectivity index (χ1n) is 14.8. The maximum absolute atomic E-state index is 5.29. The molecule has 0 aliphatic rings. The van der Waals surface area contributed by atoms with Crippen LogP contribution in [0.4, 0.5) is 0 Å². The number of hydrogen-bond donors (Lipinski definition) is 0. The van der Waals surface area contributed by atoms with Crippen LogP contribution in [0.15, 0.2) is 134 Å². The van der Waals surface area contributed by atoms with Crippen LogP contribution in [0.1, 0.15) is 0 Å². The number of rotatable bonds is 2. The van der Waals surface area contributed by atoms with Gasteiger partial charge in [0.25, 0.3) is 0 Å². The van der Waals surface area contributed by atoms with Crippen LogP contribution >= 0.6 is 0 Å². The largest absolute Gasteiger partial charge is 0.254 e. The van der Waals surface area contributed by atoms with E-state index < -0.39 is 0 Å². The van der Waals surface area contributed by atoms with E-state index in [9.17, 15) is 0 Å². The van der Waals surface area contributed by atoms with Crippen LogP contribution in [0.5, 0.6) is 0 Å². The molecular weight excluding hydrogens is 536 g/mol. The summed E-state index contributed by atoms with van der Waals surface area (Å²) in [6.07, 6.45) is 3.68. The van der Waals surface area contributed by atoms with Gasteiger partial charge >= 0.3 is 0 Å². The third-order valence-electron chi connectivity index (χ3n) is 9.06. The molecule has 0 radical (unpaired) electrons. The topological polar surface area (TPSA) is 51.6 Å². The minimum Gasteiger partial charge on any atom is -0.254 e. The lowest BCUT2D eigenvalue weighted by atomic mass is 9.87. The molecule has 0 bridgehead atoms. The Bertz CT molecular complexity index is 2600. The first-order chi connectivity index (χ1) is 21.8. The molecule has 0 saturated carbocycles. The van der Waals surface area contributed by atoms with E-state index in [4.69, 9.17) is 19.9 Å². The molecule has 0 atom stereocenters. The van der Waals surface area contributed by atoms with Crippen molar-refractivity contribution < 1.29 is 0 Å². The molecule has 0 N–H and O–H groups in total. The molecule has 0 aliphatic heterocycles. The van der Waals surface area contributed by atoms with E-state index in [1.807, 2.05) is 24.5 Å². The molecule has 0 fully saturated rings. The second-order valence-corrected chi connectivity index (χ2v) is 11.5. The predicted octanol–water partition coefficient (Wildman–Crippen LogP) is 10.1. The van der Waals surface area contributed by atoms with Crippen molar-refractivity contribution in [3.05, 3.63) is 134 Å². The first kappa shape index (κ1) is 23.6. The predicted molar refractivity (Wildman–Crippen MR) is 182 cm³/mol. The number of aromatic nitrogens is 4. The molecule has 4 heteroatoms. The van der Waals surface area contributed by atoms with Crippen molar-refractivity contribution in [2.75, 3.05) is 0 Å². The fourth-order valence-electron chi connectivity index (χ4n) is 7.00. The minimum atomic E-state index is 0.911. The number of fused-ring (bicyclic) bond motifs is 6. The van der Waals surface area contributed by atoms with Gasteiger partial charge in [-0.1, -0.05) is 91.0 Å². The summed E-state index contributed by atoms with van der Waals surface area (Å²) in [4.78, 5) is 20.0. The Morgan fingerprint density at radius 3 is 1.30 bits per heavy atom. The normalized spacial score (nSPS) is 12.1. The Morgan fingerprint density at radius 2 is 0.773 bits per heavy atom. The van der Waals surface area contributed by atoms with E-state index in [-0.39, 0.29) is 0 Å². The molecule has 0 spiro atoms. The Kier molecular flexibility index (Phi) is 4.69. The van der Waals surface area contributed by atoms with Crippen LogP contribution in [0, 0.1) is 0 Å². The van der Waals surface area contributed by atoms with Gasteiger partial charge in [0, 0.05) is 45.1 Å². The average Bonchev–Trinajstić information content (AvgIpc) is 3.10. The molecule has 0 unspecified atom stereocenters. The molecule has 0 amide bonds. The molecule has 4 aromatic heterocycles. The second-order valence-electron chi connectivity index (χ2n) is 11.5. The van der Waals surface area contributed by atoms with Gasteiger partial charge in [-0.25, -0.2) is 9.97 Å². The maximum atomic E-state index is 5.29. The summed E-state index contributed by atoms with van der Waals surface area (Å²) < 4.78 is 0. The summed E-state index contributed by atoms with van der Waals surface area (Å²) in [7, 11) is 0. The van der Waals surface area contributed by atoms with Gasteiger partial charge in [0.1, 0.15) is 0 Å². The van der Waals surface area contributed by atoms with Gasteiger partial charge in [0.2, 0.25) is 0 Å². The quantitative estimate of drug-likeness (QED) is 0.198. The van der Waals surface area contributed by atoms with Gasteiger partial charge in [0.15, 0.2) is 0 Å². The molecule has 202 valence electrons. The van der Waals surface area contributed by atoms with Crippen LogP contribution in [0.3, 0.4) is 0 Å². The fraction of sp³-hybridized carbons (Fsp3) is 0. The van der Waals surface area contributed by atoms with Gasteiger partial charge in [-0.15, -0.1) is 0 Å². The summed E-state index contributed by atoms with van der Waals surface area (Å²) in [5.41, 5.74) is 7.66. The van der Waals surface area contributed by atoms with Crippen molar-refractivity contribution in [2.45, 2.75) is 0 Å². The Balaban J connectivity index is 1.34. The van der Waals surface area contributed by atoms with Gasteiger partial charge in [-0.05, 0) is 62.6 Å². The Hall–Kier alpha value is -6.00. The minimum absolute atomic E-state index is 0.911. The first-order valence-corrected chi connectivity index (χ1v) is 14.8. The molecule has 6 aromatic carbocycles. The summed E-state index contributed by atoms with van der Waals surface area (Å²) >= 11 is 0. The summed E-state index contributed by atoms with van der Waals surface area (Å²) in [6.45, 7) is 0. The summed E-state index contributed by atoms with van der Waals surface area (Å²) in [5.74, 6) is 0. The zero-order chi connectivity index (χ0) is 28.8. The van der Waals surface area contributed by atoms with Crippen molar-refractivity contribution in [1.82, 2.24) is 19.9 Å². The highest BCUT2D eigenvalue weighted by molar-refractivity contribution is 6.28. The van der Waals surface area contributed by atoms with Crippen molar-refractivity contribution in [3.8, 4) is 22.5 Å². The van der Waals surface area contributed by atoms with E-state index in [0.717, 1.165) is 66.1 Å². The van der Waals surface area contributed by atoms with Crippen LogP contribution in [0.2, 0.25) is 0 Å². The van der Waals surface area contributed by atoms with E-state index >= 15 is 0 Å². The average molecular weight is 559 g/mol. The van der Waals surface area contributed by atoms with E-state index in [1.54, 1.807) is 0 Å². The van der Waals surface area contributed by atoms with Gasteiger partial charge in [-0.2, -0.15) is 0 Å². The molecule has 10 aromatic rings. The summed E-state index contributed by atoms with van der Waals surface area (Å²) in [5, 5.41) is 11.7. The Labute approximate surface area is 251 Å². The van der Waals surface area contributed by atoms with E-state index in [2.05, 4.69) is 109 Å². The standard InChI is InChI=1S/C40H22N4/c1-4-23-12-16-29-31(33-18-14-27-10-8-25-6-2-20-41-37(25)39(27)43-33)22-32(30-17-13-24(5-1)35(23)36(29)30)34-19-15-28-11-9-26-7-3-21-42-38(26)40(28)44-34/h1-22H. The van der Waals surface area contributed by atoms with E-state index in [1.165, 1.54) is 32.3 Å². The van der Waals surface area contributed by atoms with Gasteiger partial charge in [0.05, 0.1) is 33.5 Å². The fourth-order valence-corrected chi connectivity index (χ4v) is 7.00. The van der Waals surface area contributed by atoms with Gasteiger partial charge < -0.3 is 0 Å². The van der Waals surface area contributed by atoms with Crippen molar-refractivity contribution in [2.24, 2.45) is 0 Å². The molecule has 44 heavy (non-hydrogen) atoms. The number of hydrogen-bond acceptors (Lipinski definition) is 4. The molecular formula is C40H22N4. The third kappa shape index (κ3) is 3.28. The van der Waals surface area contributed by atoms with Crippen molar-refractivity contribution in [3.63, 3.8) is 0 Å². The van der Waals surface area contributed by atoms with Crippen molar-refractivity contribution in [1.29, 1.82) is 0 Å². The zero-order valence-corrected chi connectivity index (χ0v) is 23.5. The maximum Gasteiger partial charge on any atom is 0.0972 e. The SMILES string of the molecule is c1cnc2c(c1)ccc1ccc(-c3cc(-c4ccc5ccc6cccnc6c5n4)c4ccc5cccc6ccc3c4c65)nc12. The lowest BCUT2D eigenvalue weighted by Crippen LogP contribution is -1.95. The molecule has 4 heterocycles. The zero-order valence-electron chi connectivity index (χ0n) is 23.5. The lowest BCUT2D eigenvalue weighted by molar-refractivity contribution is 1.37. The lowest BCUT2D eigenvalue weighted by Gasteiger charge is -2.18. The molecule has 0 saturated heterocycles. The monoisotopic (exact) mass is 558 g/mol. The smallest absolute Gasteiger partial charge is 0.0972 e. The van der Waals surface area contributed by atoms with Gasteiger partial charge in [-0.3, -0.25) is 9.97 Å². The van der Waals surface area contributed by atoms with Crippen molar-refractivity contribution >= 4 is 75.9 Å². The highest BCUT2D eigenvalue weighted by atomic mass is 14.8. The van der Waals surface area contributed by atoms with Crippen LogP contribution in [-0.4, -0.2) is 19.9 Å².